The third kappa shape index (κ3) is 4.92. The van der Waals surface area contributed by atoms with Gasteiger partial charge in [-0.15, -0.1) is 11.3 Å². The van der Waals surface area contributed by atoms with Gasteiger partial charge in [0.25, 0.3) is 0 Å². The molecule has 6 nitrogen and oxygen atoms in total. The summed E-state index contributed by atoms with van der Waals surface area (Å²) >= 11 is 1.66. The fraction of sp³-hybridized carbons (Fsp3) is 0.688. The maximum atomic E-state index is 12.3. The molecular formula is C16H26N4O2S. The molecule has 0 radical (unpaired) electrons. The van der Waals surface area contributed by atoms with Crippen LogP contribution < -0.4 is 5.32 Å². The van der Waals surface area contributed by atoms with Gasteiger partial charge in [0.1, 0.15) is 6.54 Å². The normalized spacial score (nSPS) is 17.1. The Labute approximate surface area is 141 Å². The number of thiazole rings is 1. The predicted molar refractivity (Wildman–Crippen MR) is 91.7 cm³/mol. The molecule has 1 atom stereocenters. The molecule has 0 saturated carbocycles. The van der Waals surface area contributed by atoms with E-state index in [0.29, 0.717) is 13.1 Å². The fourth-order valence-electron chi connectivity index (χ4n) is 2.64. The minimum atomic E-state index is -0.156. The van der Waals surface area contributed by atoms with Gasteiger partial charge in [-0.3, -0.25) is 4.79 Å². The number of nitrogens with zero attached hydrogens (tertiary/aromatic N) is 3. The highest BCUT2D eigenvalue weighted by molar-refractivity contribution is 7.11. The van der Waals surface area contributed by atoms with Gasteiger partial charge in [-0.25, -0.2) is 9.78 Å². The largest absolute Gasteiger partial charge is 0.341 e. The number of carbonyl (C=O) groups excluding carboxylic acids is 2. The van der Waals surface area contributed by atoms with E-state index >= 15 is 0 Å². The molecule has 3 amide bonds. The fourth-order valence-corrected chi connectivity index (χ4v) is 3.46. The zero-order chi connectivity index (χ0) is 16.8. The number of aryl methyl sites for hydroxylation is 1. The summed E-state index contributed by atoms with van der Waals surface area (Å²) in [7, 11) is 0. The second kappa shape index (κ2) is 8.29. The summed E-state index contributed by atoms with van der Waals surface area (Å²) in [5.74, 6) is 0.222. The zero-order valence-electron chi connectivity index (χ0n) is 14.2. The molecule has 0 bridgehead atoms. The third-order valence-electron chi connectivity index (χ3n) is 3.94. The van der Waals surface area contributed by atoms with Crippen molar-refractivity contribution in [3.05, 3.63) is 16.1 Å². The topological polar surface area (TPSA) is 65.5 Å². The van der Waals surface area contributed by atoms with E-state index in [1.165, 1.54) is 4.88 Å². The Hall–Kier alpha value is -1.63. The van der Waals surface area contributed by atoms with Gasteiger partial charge in [-0.2, -0.15) is 0 Å². The molecule has 128 valence electrons. The number of hydrogen-bond donors (Lipinski definition) is 1. The number of nitrogens with one attached hydrogen (secondary N) is 1. The lowest BCUT2D eigenvalue weighted by Gasteiger charge is -2.22. The summed E-state index contributed by atoms with van der Waals surface area (Å²) in [6.07, 6.45) is 3.64. The summed E-state index contributed by atoms with van der Waals surface area (Å²) in [5.41, 5.74) is 0. The van der Waals surface area contributed by atoms with E-state index in [2.05, 4.69) is 24.1 Å². The molecule has 1 aromatic rings. The van der Waals surface area contributed by atoms with E-state index in [0.717, 1.165) is 30.9 Å². The van der Waals surface area contributed by atoms with Crippen molar-refractivity contribution < 1.29 is 9.59 Å². The molecule has 1 aliphatic heterocycles. The minimum absolute atomic E-state index is 0.0445. The van der Waals surface area contributed by atoms with Crippen molar-refractivity contribution in [3.63, 3.8) is 0 Å². The first kappa shape index (κ1) is 17.7. The van der Waals surface area contributed by atoms with Crippen LogP contribution >= 0.6 is 11.3 Å². The Morgan fingerprint density at radius 2 is 2.26 bits per heavy atom. The molecule has 23 heavy (non-hydrogen) atoms. The Kier molecular flexibility index (Phi) is 6.38. The van der Waals surface area contributed by atoms with Gasteiger partial charge < -0.3 is 15.1 Å². The molecule has 2 heterocycles. The Bertz CT molecular complexity index is 546. The number of aromatic nitrogens is 1. The van der Waals surface area contributed by atoms with Gasteiger partial charge in [0.05, 0.1) is 5.01 Å². The maximum Gasteiger partial charge on any atom is 0.317 e. The number of carbonyl (C=O) groups is 2. The summed E-state index contributed by atoms with van der Waals surface area (Å²) in [5, 5.41) is 3.97. The average molecular weight is 338 g/mol. The first-order valence-electron chi connectivity index (χ1n) is 8.24. The van der Waals surface area contributed by atoms with Gasteiger partial charge in [-0.1, -0.05) is 13.8 Å². The molecule has 1 fully saturated rings. The molecular weight excluding hydrogens is 312 g/mol. The standard InChI is InChI=1S/C16H26N4O2S/c1-4-6-19-7-5-8-20(11-14(19)21)16(22)18-9-12(2)15-17-10-13(3)23-15/h10,12H,4-9,11H2,1-3H3,(H,18,22)/t12-/m0/s1. The van der Waals surface area contributed by atoms with Crippen molar-refractivity contribution in [2.24, 2.45) is 0 Å². The molecule has 0 aromatic carbocycles. The monoisotopic (exact) mass is 338 g/mol. The van der Waals surface area contributed by atoms with Gasteiger partial charge in [-0.05, 0) is 19.8 Å². The lowest BCUT2D eigenvalue weighted by atomic mass is 10.2. The van der Waals surface area contributed by atoms with Crippen molar-refractivity contribution in [2.75, 3.05) is 32.7 Å². The molecule has 2 rings (SSSR count). The number of hydrogen-bond acceptors (Lipinski definition) is 4. The Balaban J connectivity index is 1.84. The van der Waals surface area contributed by atoms with Gasteiger partial charge in [0, 0.05) is 43.2 Å². The van der Waals surface area contributed by atoms with Crippen LogP contribution in [0.5, 0.6) is 0 Å². The molecule has 7 heteroatoms. The van der Waals surface area contributed by atoms with Crippen LogP contribution in [0.2, 0.25) is 0 Å². The van der Waals surface area contributed by atoms with Gasteiger partial charge in [0.15, 0.2) is 0 Å². The van der Waals surface area contributed by atoms with Crippen molar-refractivity contribution in [3.8, 4) is 0 Å². The lowest BCUT2D eigenvalue weighted by Crippen LogP contribution is -2.45. The van der Waals surface area contributed by atoms with Crippen molar-refractivity contribution in [1.82, 2.24) is 20.1 Å². The first-order chi connectivity index (χ1) is 11.0. The van der Waals surface area contributed by atoms with Crippen LogP contribution in [0.4, 0.5) is 4.79 Å². The van der Waals surface area contributed by atoms with Crippen LogP contribution in [0, 0.1) is 6.92 Å². The van der Waals surface area contributed by atoms with E-state index in [9.17, 15) is 9.59 Å². The quantitative estimate of drug-likeness (QED) is 0.895. The van der Waals surface area contributed by atoms with E-state index in [-0.39, 0.29) is 24.4 Å². The van der Waals surface area contributed by atoms with Crippen molar-refractivity contribution >= 4 is 23.3 Å². The molecule has 1 aromatic heterocycles. The second-order valence-corrected chi connectivity index (χ2v) is 7.32. The van der Waals surface area contributed by atoms with Crippen LogP contribution in [-0.4, -0.2) is 59.4 Å². The summed E-state index contributed by atoms with van der Waals surface area (Å²) in [6.45, 7) is 8.99. The number of rotatable bonds is 5. The van der Waals surface area contributed by atoms with Crippen molar-refractivity contribution in [1.29, 1.82) is 0 Å². The maximum absolute atomic E-state index is 12.3. The smallest absolute Gasteiger partial charge is 0.317 e. The lowest BCUT2D eigenvalue weighted by molar-refractivity contribution is -0.130. The zero-order valence-corrected chi connectivity index (χ0v) is 15.0. The van der Waals surface area contributed by atoms with Crippen LogP contribution in [0.15, 0.2) is 6.20 Å². The van der Waals surface area contributed by atoms with Crippen LogP contribution in [0.3, 0.4) is 0 Å². The molecule has 0 unspecified atom stereocenters. The summed E-state index contributed by atoms with van der Waals surface area (Å²) in [6, 6.07) is -0.156. The molecule has 1 saturated heterocycles. The van der Waals surface area contributed by atoms with Gasteiger partial charge >= 0.3 is 6.03 Å². The van der Waals surface area contributed by atoms with Crippen molar-refractivity contribution in [2.45, 2.75) is 39.5 Å². The van der Waals surface area contributed by atoms with E-state index in [1.807, 2.05) is 18.0 Å². The minimum Gasteiger partial charge on any atom is -0.341 e. The Morgan fingerprint density at radius 3 is 2.91 bits per heavy atom. The number of amides is 3. The first-order valence-corrected chi connectivity index (χ1v) is 9.05. The second-order valence-electron chi connectivity index (χ2n) is 6.05. The van der Waals surface area contributed by atoms with Crippen LogP contribution in [0.1, 0.15) is 42.5 Å². The van der Waals surface area contributed by atoms with E-state index in [1.54, 1.807) is 16.2 Å². The summed E-state index contributed by atoms with van der Waals surface area (Å²) in [4.78, 5) is 33.5. The predicted octanol–water partition coefficient (Wildman–Crippen LogP) is 2.21. The van der Waals surface area contributed by atoms with Crippen LogP contribution in [-0.2, 0) is 4.79 Å². The Morgan fingerprint density at radius 1 is 1.48 bits per heavy atom. The van der Waals surface area contributed by atoms with E-state index in [4.69, 9.17) is 0 Å². The molecule has 0 spiro atoms. The SMILES string of the molecule is CCCN1CCCN(C(=O)NC[C@H](C)c2ncc(C)s2)CC1=O. The molecule has 1 N–H and O–H groups in total. The highest BCUT2D eigenvalue weighted by Gasteiger charge is 2.24. The molecule has 0 aliphatic carbocycles. The summed E-state index contributed by atoms with van der Waals surface area (Å²) < 4.78 is 0. The highest BCUT2D eigenvalue weighted by Crippen LogP contribution is 2.20. The average Bonchev–Trinajstić information content (AvgIpc) is 2.88. The highest BCUT2D eigenvalue weighted by atomic mass is 32.1. The third-order valence-corrected chi connectivity index (χ3v) is 5.08. The molecule has 1 aliphatic rings. The van der Waals surface area contributed by atoms with E-state index < -0.39 is 0 Å². The number of urea groups is 1. The van der Waals surface area contributed by atoms with Gasteiger partial charge in [0.2, 0.25) is 5.91 Å². The van der Waals surface area contributed by atoms with Crippen LogP contribution in [0.25, 0.3) is 0 Å².